The first kappa shape index (κ1) is 23.5. The highest BCUT2D eigenvalue weighted by Gasteiger charge is 2.47. The summed E-state index contributed by atoms with van der Waals surface area (Å²) in [5.41, 5.74) is -0.321. The van der Waals surface area contributed by atoms with Crippen molar-refractivity contribution in [2.75, 3.05) is 29.9 Å². The van der Waals surface area contributed by atoms with Gasteiger partial charge in [-0.25, -0.2) is 26.3 Å². The SMILES string of the molecule is CC(CNS(=O)(=O)c1ccc(N2C[C@@H](O)C(F)(F)C2)s1)Nc1cc2c(=O)[nH]ccc2cc1F. The number of hydrogen-bond acceptors (Lipinski definition) is 7. The predicted molar refractivity (Wildman–Crippen MR) is 120 cm³/mol. The van der Waals surface area contributed by atoms with Gasteiger partial charge in [0.15, 0.2) is 0 Å². The zero-order chi connectivity index (χ0) is 24.0. The fourth-order valence-corrected chi connectivity index (χ4v) is 5.98. The summed E-state index contributed by atoms with van der Waals surface area (Å²) in [6.45, 7) is 0.553. The quantitative estimate of drug-likeness (QED) is 0.394. The van der Waals surface area contributed by atoms with E-state index < -0.39 is 40.5 Å². The Labute approximate surface area is 191 Å². The zero-order valence-electron chi connectivity index (χ0n) is 17.3. The smallest absolute Gasteiger partial charge is 0.292 e. The second kappa shape index (κ2) is 8.63. The van der Waals surface area contributed by atoms with Gasteiger partial charge in [-0.15, -0.1) is 11.3 Å². The molecule has 1 saturated heterocycles. The Balaban J connectivity index is 1.41. The van der Waals surface area contributed by atoms with Gasteiger partial charge in [-0.2, -0.15) is 0 Å². The molecular formula is C20H21F3N4O4S2. The molecule has 4 rings (SSSR count). The number of fused-ring (bicyclic) bond motifs is 1. The minimum Gasteiger partial charge on any atom is -0.385 e. The molecule has 0 radical (unpaired) electrons. The Kier molecular flexibility index (Phi) is 6.16. The van der Waals surface area contributed by atoms with Gasteiger partial charge in [0.1, 0.15) is 16.1 Å². The number of aromatic nitrogens is 1. The number of halogens is 3. The van der Waals surface area contributed by atoms with E-state index in [0.717, 1.165) is 11.3 Å². The number of nitrogens with zero attached hydrogens (tertiary/aromatic N) is 1. The van der Waals surface area contributed by atoms with E-state index in [1.165, 1.54) is 35.4 Å². The third-order valence-corrected chi connectivity index (χ3v) is 8.33. The summed E-state index contributed by atoms with van der Waals surface area (Å²) in [6, 6.07) is 6.33. The van der Waals surface area contributed by atoms with E-state index in [2.05, 4.69) is 15.0 Å². The number of β-amino-alcohol motifs (C(OH)–C–C–N with tert-alkyl or cyclic N) is 1. The van der Waals surface area contributed by atoms with Crippen LogP contribution in [-0.2, 0) is 10.0 Å². The summed E-state index contributed by atoms with van der Waals surface area (Å²) in [7, 11) is -3.95. The molecule has 178 valence electrons. The fraction of sp³-hybridized carbons (Fsp3) is 0.350. The standard InChI is InChI=1S/C20H21F3N4O4S2/c1-11(26-15-7-13-12(6-14(15)21)4-5-24-19(13)29)8-25-33(30,31)18-3-2-17(32-18)27-9-16(28)20(22,23)10-27/h2-7,11,16,25-26,28H,8-10H2,1H3,(H,24,29)/t11?,16-/m1/s1. The van der Waals surface area contributed by atoms with Crippen molar-refractivity contribution in [3.63, 3.8) is 0 Å². The Morgan fingerprint density at radius 2 is 2.09 bits per heavy atom. The van der Waals surface area contributed by atoms with Crippen molar-refractivity contribution in [3.8, 4) is 0 Å². The maximum absolute atomic E-state index is 14.4. The summed E-state index contributed by atoms with van der Waals surface area (Å²) in [6.07, 6.45) is -0.391. The average Bonchev–Trinajstić information content (AvgIpc) is 3.33. The highest BCUT2D eigenvalue weighted by molar-refractivity contribution is 7.91. The zero-order valence-corrected chi connectivity index (χ0v) is 18.9. The van der Waals surface area contributed by atoms with Crippen molar-refractivity contribution in [2.45, 2.75) is 29.2 Å². The van der Waals surface area contributed by atoms with E-state index in [1.54, 1.807) is 13.0 Å². The Bertz CT molecular complexity index is 1340. The summed E-state index contributed by atoms with van der Waals surface area (Å²) in [4.78, 5) is 15.7. The average molecular weight is 503 g/mol. The van der Waals surface area contributed by atoms with Crippen LogP contribution in [-0.4, -0.2) is 56.2 Å². The van der Waals surface area contributed by atoms with Gasteiger partial charge in [0.25, 0.3) is 11.5 Å². The van der Waals surface area contributed by atoms with Crippen molar-refractivity contribution in [2.24, 2.45) is 0 Å². The number of sulfonamides is 1. The molecule has 2 atom stereocenters. The maximum Gasteiger partial charge on any atom is 0.292 e. The molecule has 3 aromatic rings. The number of benzene rings is 1. The van der Waals surface area contributed by atoms with Gasteiger partial charge >= 0.3 is 0 Å². The molecule has 0 amide bonds. The number of H-pyrrole nitrogens is 1. The van der Waals surface area contributed by atoms with Crippen molar-refractivity contribution in [1.82, 2.24) is 9.71 Å². The highest BCUT2D eigenvalue weighted by Crippen LogP contribution is 2.36. The molecule has 2 aromatic heterocycles. The second-order valence-electron chi connectivity index (χ2n) is 7.87. The fourth-order valence-electron chi connectivity index (χ4n) is 3.50. The summed E-state index contributed by atoms with van der Waals surface area (Å²) < 4.78 is 69.1. The molecular weight excluding hydrogens is 481 g/mol. The van der Waals surface area contributed by atoms with E-state index in [1.807, 2.05) is 0 Å². The van der Waals surface area contributed by atoms with Crippen molar-refractivity contribution in [1.29, 1.82) is 0 Å². The molecule has 1 aliphatic heterocycles. The van der Waals surface area contributed by atoms with Crippen molar-refractivity contribution >= 4 is 42.8 Å². The third-order valence-electron chi connectivity index (χ3n) is 5.27. The molecule has 1 aromatic carbocycles. The number of aromatic amines is 1. The third kappa shape index (κ3) is 4.86. The first-order valence-electron chi connectivity index (χ1n) is 9.94. The lowest BCUT2D eigenvalue weighted by molar-refractivity contribution is -0.0711. The van der Waals surface area contributed by atoms with Crippen molar-refractivity contribution < 1.29 is 26.7 Å². The van der Waals surface area contributed by atoms with Crippen LogP contribution in [0.2, 0.25) is 0 Å². The number of anilines is 2. The summed E-state index contributed by atoms with van der Waals surface area (Å²) in [5.74, 6) is -3.85. The van der Waals surface area contributed by atoms with Gasteiger partial charge in [0.05, 0.1) is 23.8 Å². The summed E-state index contributed by atoms with van der Waals surface area (Å²) >= 11 is 0.813. The van der Waals surface area contributed by atoms with Crippen LogP contribution >= 0.6 is 11.3 Å². The normalized spacial score (nSPS) is 19.2. The molecule has 0 bridgehead atoms. The number of aliphatic hydroxyl groups is 1. The number of alkyl halides is 2. The second-order valence-corrected chi connectivity index (χ2v) is 10.9. The van der Waals surface area contributed by atoms with Crippen LogP contribution in [0.25, 0.3) is 10.8 Å². The number of hydrogen-bond donors (Lipinski definition) is 4. The molecule has 1 unspecified atom stereocenters. The lowest BCUT2D eigenvalue weighted by Crippen LogP contribution is -2.34. The first-order chi connectivity index (χ1) is 15.5. The van der Waals surface area contributed by atoms with Crippen LogP contribution in [0.3, 0.4) is 0 Å². The molecule has 0 aliphatic carbocycles. The Morgan fingerprint density at radius 1 is 1.33 bits per heavy atom. The van der Waals surface area contributed by atoms with E-state index in [9.17, 15) is 31.5 Å². The van der Waals surface area contributed by atoms with E-state index in [4.69, 9.17) is 0 Å². The number of thiophene rings is 1. The molecule has 4 N–H and O–H groups in total. The summed E-state index contributed by atoms with van der Waals surface area (Å²) in [5, 5.41) is 13.3. The molecule has 1 fully saturated rings. The number of pyridine rings is 1. The number of rotatable bonds is 7. The van der Waals surface area contributed by atoms with Crippen LogP contribution in [0.15, 0.2) is 45.5 Å². The monoisotopic (exact) mass is 502 g/mol. The van der Waals surface area contributed by atoms with Gasteiger partial charge in [0, 0.05) is 24.2 Å². The first-order valence-corrected chi connectivity index (χ1v) is 12.2. The molecule has 0 saturated carbocycles. The minimum absolute atomic E-state index is 0.0535. The van der Waals surface area contributed by atoms with E-state index >= 15 is 0 Å². The molecule has 1 aliphatic rings. The van der Waals surface area contributed by atoms with E-state index in [0.29, 0.717) is 10.4 Å². The molecule has 33 heavy (non-hydrogen) atoms. The number of nitrogens with one attached hydrogen (secondary N) is 3. The molecule has 13 heteroatoms. The van der Waals surface area contributed by atoms with Crippen LogP contribution in [0.1, 0.15) is 6.92 Å². The lowest BCUT2D eigenvalue weighted by atomic mass is 10.1. The van der Waals surface area contributed by atoms with Crippen LogP contribution in [0, 0.1) is 5.82 Å². The van der Waals surface area contributed by atoms with Gasteiger partial charge < -0.3 is 20.3 Å². The molecule has 3 heterocycles. The van der Waals surface area contributed by atoms with Crippen molar-refractivity contribution in [3.05, 3.63) is 52.7 Å². The Hall–Kier alpha value is -2.61. The van der Waals surface area contributed by atoms with Crippen LogP contribution in [0.5, 0.6) is 0 Å². The largest absolute Gasteiger partial charge is 0.385 e. The van der Waals surface area contributed by atoms with Crippen LogP contribution in [0.4, 0.5) is 23.9 Å². The maximum atomic E-state index is 14.4. The highest BCUT2D eigenvalue weighted by atomic mass is 32.2. The van der Waals surface area contributed by atoms with Gasteiger partial charge in [-0.1, -0.05) is 0 Å². The Morgan fingerprint density at radius 3 is 2.79 bits per heavy atom. The molecule has 0 spiro atoms. The van der Waals surface area contributed by atoms with E-state index in [-0.39, 0.29) is 33.9 Å². The van der Waals surface area contributed by atoms with Crippen LogP contribution < -0.4 is 20.5 Å². The topological polar surface area (TPSA) is 115 Å². The minimum atomic E-state index is -3.95. The van der Waals surface area contributed by atoms with Gasteiger partial charge in [-0.3, -0.25) is 4.79 Å². The van der Waals surface area contributed by atoms with Gasteiger partial charge in [-0.05, 0) is 42.6 Å². The lowest BCUT2D eigenvalue weighted by Gasteiger charge is -2.17. The number of aliphatic hydroxyl groups excluding tert-OH is 1. The van der Waals surface area contributed by atoms with Gasteiger partial charge in [0.2, 0.25) is 10.0 Å². The molecule has 8 nitrogen and oxygen atoms in total. The predicted octanol–water partition coefficient (Wildman–Crippen LogP) is 2.32.